The van der Waals surface area contributed by atoms with Crippen LogP contribution >= 0.6 is 11.3 Å². The summed E-state index contributed by atoms with van der Waals surface area (Å²) in [6, 6.07) is 3.91. The summed E-state index contributed by atoms with van der Waals surface area (Å²) in [5.41, 5.74) is 5.97. The van der Waals surface area contributed by atoms with Crippen LogP contribution in [-0.2, 0) is 0 Å². The van der Waals surface area contributed by atoms with Crippen molar-refractivity contribution >= 4 is 17.2 Å². The Bertz CT molecular complexity index is 336. The third-order valence-electron chi connectivity index (χ3n) is 3.04. The average molecular weight is 224 g/mol. The topological polar surface area (TPSA) is 46.3 Å². The summed E-state index contributed by atoms with van der Waals surface area (Å²) < 4.78 is 0. The van der Waals surface area contributed by atoms with Crippen LogP contribution in [0.2, 0.25) is 0 Å². The fraction of sp³-hybridized carbons (Fsp3) is 0.545. The molecular weight excluding hydrogens is 208 g/mol. The number of rotatable bonds is 1. The molecular formula is C11H16N2OS. The van der Waals surface area contributed by atoms with Gasteiger partial charge in [-0.2, -0.15) is 0 Å². The number of hydrogen-bond donors (Lipinski definition) is 1. The van der Waals surface area contributed by atoms with E-state index in [1.165, 1.54) is 11.3 Å². The molecule has 2 atom stereocenters. The molecule has 1 fully saturated rings. The molecule has 1 aromatic rings. The van der Waals surface area contributed by atoms with Gasteiger partial charge in [0.1, 0.15) is 0 Å². The fourth-order valence-electron chi connectivity index (χ4n) is 1.84. The molecule has 0 bridgehead atoms. The third-order valence-corrected chi connectivity index (χ3v) is 3.89. The van der Waals surface area contributed by atoms with Crippen molar-refractivity contribution in [2.75, 3.05) is 13.1 Å². The first-order valence-corrected chi connectivity index (χ1v) is 6.15. The molecule has 1 aliphatic heterocycles. The maximum Gasteiger partial charge on any atom is 0.263 e. The quantitative estimate of drug-likeness (QED) is 0.787. The molecule has 0 radical (unpaired) electrons. The van der Waals surface area contributed by atoms with Crippen LogP contribution < -0.4 is 5.73 Å². The van der Waals surface area contributed by atoms with Crippen LogP contribution in [0.3, 0.4) is 0 Å². The molecule has 0 aliphatic carbocycles. The van der Waals surface area contributed by atoms with Crippen molar-refractivity contribution in [1.82, 2.24) is 4.90 Å². The number of piperidine rings is 1. The zero-order valence-electron chi connectivity index (χ0n) is 8.85. The summed E-state index contributed by atoms with van der Waals surface area (Å²) in [5, 5.41) is 1.93. The van der Waals surface area contributed by atoms with Gasteiger partial charge in [0.05, 0.1) is 4.88 Å². The number of carbonyl (C=O) groups is 1. The average Bonchev–Trinajstić information content (AvgIpc) is 2.74. The molecule has 2 N–H and O–H groups in total. The molecule has 82 valence electrons. The minimum atomic E-state index is 0.127. The molecule has 1 aromatic heterocycles. The molecule has 15 heavy (non-hydrogen) atoms. The van der Waals surface area contributed by atoms with Crippen molar-refractivity contribution in [3.8, 4) is 0 Å². The van der Waals surface area contributed by atoms with Crippen LogP contribution in [0, 0.1) is 5.92 Å². The van der Waals surface area contributed by atoms with E-state index in [9.17, 15) is 4.79 Å². The highest BCUT2D eigenvalue weighted by Gasteiger charge is 2.27. The smallest absolute Gasteiger partial charge is 0.263 e. The first kappa shape index (κ1) is 10.6. The molecule has 1 saturated heterocycles. The van der Waals surface area contributed by atoms with Crippen molar-refractivity contribution in [2.45, 2.75) is 19.4 Å². The Morgan fingerprint density at radius 3 is 3.07 bits per heavy atom. The summed E-state index contributed by atoms with van der Waals surface area (Å²) in [6.07, 6.45) is 1.01. The van der Waals surface area contributed by atoms with Crippen LogP contribution in [0.1, 0.15) is 23.0 Å². The zero-order valence-corrected chi connectivity index (χ0v) is 9.67. The van der Waals surface area contributed by atoms with E-state index in [0.717, 1.165) is 17.8 Å². The Morgan fingerprint density at radius 1 is 1.67 bits per heavy atom. The molecule has 2 heterocycles. The van der Waals surface area contributed by atoms with E-state index in [0.29, 0.717) is 12.5 Å². The molecule has 2 unspecified atom stereocenters. The number of nitrogens with two attached hydrogens (primary N) is 1. The lowest BCUT2D eigenvalue weighted by molar-refractivity contribution is 0.0677. The van der Waals surface area contributed by atoms with E-state index in [2.05, 4.69) is 6.92 Å². The van der Waals surface area contributed by atoms with E-state index < -0.39 is 0 Å². The van der Waals surface area contributed by atoms with Crippen molar-refractivity contribution in [1.29, 1.82) is 0 Å². The van der Waals surface area contributed by atoms with Gasteiger partial charge >= 0.3 is 0 Å². The second kappa shape index (κ2) is 4.33. The number of nitrogens with zero attached hydrogens (tertiary/aromatic N) is 1. The summed E-state index contributed by atoms with van der Waals surface area (Å²) >= 11 is 1.49. The lowest BCUT2D eigenvalue weighted by Crippen LogP contribution is -2.49. The van der Waals surface area contributed by atoms with Gasteiger partial charge in [-0.05, 0) is 23.8 Å². The maximum absolute atomic E-state index is 12.0. The predicted molar refractivity (Wildman–Crippen MR) is 62.0 cm³/mol. The molecule has 0 spiro atoms. The van der Waals surface area contributed by atoms with Gasteiger partial charge in [0.15, 0.2) is 0 Å². The Morgan fingerprint density at radius 2 is 2.47 bits per heavy atom. The first-order valence-electron chi connectivity index (χ1n) is 5.27. The second-order valence-corrected chi connectivity index (χ2v) is 5.11. The zero-order chi connectivity index (χ0) is 10.8. The van der Waals surface area contributed by atoms with Gasteiger partial charge in [0.25, 0.3) is 5.91 Å². The Hall–Kier alpha value is -0.870. The van der Waals surface area contributed by atoms with Gasteiger partial charge in [-0.15, -0.1) is 11.3 Å². The highest BCUT2D eigenvalue weighted by molar-refractivity contribution is 7.12. The van der Waals surface area contributed by atoms with E-state index in [-0.39, 0.29) is 11.9 Å². The van der Waals surface area contributed by atoms with Crippen LogP contribution in [0.25, 0.3) is 0 Å². The molecule has 2 rings (SSSR count). The first-order chi connectivity index (χ1) is 7.18. The summed E-state index contributed by atoms with van der Waals surface area (Å²) in [4.78, 5) is 14.7. The van der Waals surface area contributed by atoms with Gasteiger partial charge in [-0.1, -0.05) is 13.0 Å². The number of thiophene rings is 1. The highest BCUT2D eigenvalue weighted by Crippen LogP contribution is 2.19. The van der Waals surface area contributed by atoms with Crippen molar-refractivity contribution < 1.29 is 4.79 Å². The molecule has 4 heteroatoms. The predicted octanol–water partition coefficient (Wildman–Crippen LogP) is 1.56. The molecule has 0 aromatic carbocycles. The van der Waals surface area contributed by atoms with Gasteiger partial charge in [0, 0.05) is 19.1 Å². The van der Waals surface area contributed by atoms with Gasteiger partial charge in [-0.25, -0.2) is 0 Å². The van der Waals surface area contributed by atoms with Gasteiger partial charge < -0.3 is 10.6 Å². The molecule has 1 amide bonds. The van der Waals surface area contributed by atoms with Crippen LogP contribution in [0.5, 0.6) is 0 Å². The summed E-state index contributed by atoms with van der Waals surface area (Å²) in [7, 11) is 0. The van der Waals surface area contributed by atoms with E-state index in [1.807, 2.05) is 22.4 Å². The lowest BCUT2D eigenvalue weighted by atomic mass is 9.94. The minimum Gasteiger partial charge on any atom is -0.336 e. The minimum absolute atomic E-state index is 0.127. The number of likely N-dealkylation sites (tertiary alicyclic amines) is 1. The molecule has 0 saturated carbocycles. The monoisotopic (exact) mass is 224 g/mol. The Kier molecular flexibility index (Phi) is 3.07. The van der Waals surface area contributed by atoms with Gasteiger partial charge in [0.2, 0.25) is 0 Å². The summed E-state index contributed by atoms with van der Waals surface area (Å²) in [5.74, 6) is 0.657. The SMILES string of the molecule is CC1CCN(C(=O)c2cccs2)CC1N. The molecule has 1 aliphatic rings. The fourth-order valence-corrected chi connectivity index (χ4v) is 2.53. The standard InChI is InChI=1S/C11H16N2OS/c1-8-4-5-13(7-9(8)12)11(14)10-3-2-6-15-10/h2-3,6,8-9H,4-5,7,12H2,1H3. The molecule has 3 nitrogen and oxygen atoms in total. The van der Waals surface area contributed by atoms with E-state index in [4.69, 9.17) is 5.73 Å². The van der Waals surface area contributed by atoms with E-state index in [1.54, 1.807) is 0 Å². The number of amides is 1. The van der Waals surface area contributed by atoms with Crippen LogP contribution in [-0.4, -0.2) is 29.9 Å². The van der Waals surface area contributed by atoms with E-state index >= 15 is 0 Å². The van der Waals surface area contributed by atoms with Crippen molar-refractivity contribution in [3.05, 3.63) is 22.4 Å². The lowest BCUT2D eigenvalue weighted by Gasteiger charge is -2.34. The number of hydrogen-bond acceptors (Lipinski definition) is 3. The largest absolute Gasteiger partial charge is 0.336 e. The summed E-state index contributed by atoms with van der Waals surface area (Å²) in [6.45, 7) is 3.68. The van der Waals surface area contributed by atoms with Gasteiger partial charge in [-0.3, -0.25) is 4.79 Å². The Labute approximate surface area is 93.9 Å². The highest BCUT2D eigenvalue weighted by atomic mass is 32.1. The maximum atomic E-state index is 12.0. The van der Waals surface area contributed by atoms with Crippen LogP contribution in [0.4, 0.5) is 0 Å². The Balaban J connectivity index is 2.03. The second-order valence-electron chi connectivity index (χ2n) is 4.16. The number of carbonyl (C=O) groups excluding carboxylic acids is 1. The third kappa shape index (κ3) is 2.21. The van der Waals surface area contributed by atoms with Crippen molar-refractivity contribution in [3.63, 3.8) is 0 Å². The normalized spacial score (nSPS) is 26.7. The van der Waals surface area contributed by atoms with Crippen molar-refractivity contribution in [2.24, 2.45) is 11.7 Å². The van der Waals surface area contributed by atoms with Crippen LogP contribution in [0.15, 0.2) is 17.5 Å².